The molecule has 8 heteroatoms. The molecule has 0 saturated heterocycles. The normalized spacial score (nSPS) is 11.9. The lowest BCUT2D eigenvalue weighted by Crippen LogP contribution is -2.39. The molecule has 2 N–H and O–H groups in total. The predicted octanol–water partition coefficient (Wildman–Crippen LogP) is 0.434. The van der Waals surface area contributed by atoms with Gasteiger partial charge in [0.1, 0.15) is 0 Å². The number of hydrogen-bond acceptors (Lipinski definition) is 4. The van der Waals surface area contributed by atoms with Crippen LogP contribution in [0.1, 0.15) is 32.6 Å². The Kier molecular flexibility index (Phi) is 9.76. The topological polar surface area (TPSA) is 95.9 Å². The quantitative estimate of drug-likeness (QED) is 0.509. The second-order valence-corrected chi connectivity index (χ2v) is 6.05. The predicted molar refractivity (Wildman–Crippen MR) is 72.1 cm³/mol. The van der Waals surface area contributed by atoms with Crippen molar-refractivity contribution < 1.29 is 23.1 Å². The molecular formula is C11H24N2O5S. The van der Waals surface area contributed by atoms with Crippen LogP contribution in [0.5, 0.6) is 0 Å². The Hall–Kier alpha value is -0.700. The number of carbonyl (C=O) groups is 1. The van der Waals surface area contributed by atoms with Gasteiger partial charge in [-0.25, -0.2) is 4.72 Å². The van der Waals surface area contributed by atoms with Gasteiger partial charge in [0.2, 0.25) is 0 Å². The van der Waals surface area contributed by atoms with Crippen molar-refractivity contribution in [2.75, 3.05) is 33.4 Å². The number of unbranched alkanes of at least 4 members (excludes halogenated alkanes) is 1. The molecule has 0 aliphatic heterocycles. The summed E-state index contributed by atoms with van der Waals surface area (Å²) in [6, 6.07) is 0. The van der Waals surface area contributed by atoms with Crippen molar-refractivity contribution in [3.8, 4) is 0 Å². The monoisotopic (exact) mass is 296 g/mol. The molecule has 0 spiro atoms. The fraction of sp³-hybridized carbons (Fsp3) is 0.909. The van der Waals surface area contributed by atoms with Crippen molar-refractivity contribution in [1.29, 1.82) is 0 Å². The van der Waals surface area contributed by atoms with Crippen molar-refractivity contribution in [3.05, 3.63) is 0 Å². The minimum Gasteiger partial charge on any atom is -0.481 e. The second-order valence-electron chi connectivity index (χ2n) is 4.18. The summed E-state index contributed by atoms with van der Waals surface area (Å²) in [7, 11) is -2.24. The number of aliphatic carboxylic acids is 1. The maximum absolute atomic E-state index is 11.7. The van der Waals surface area contributed by atoms with E-state index in [-0.39, 0.29) is 19.5 Å². The molecule has 0 aromatic heterocycles. The molecule has 0 aromatic carbocycles. The summed E-state index contributed by atoms with van der Waals surface area (Å²) < 4.78 is 32.0. The standard InChI is InChI=1S/C11H24N2O5S/c1-3-4-9-18-10-5-7-12-19(16,17)13(2)8-6-11(14)15/h12H,3-10H2,1-2H3,(H,14,15). The lowest BCUT2D eigenvalue weighted by molar-refractivity contribution is -0.137. The Morgan fingerprint density at radius 2 is 1.95 bits per heavy atom. The summed E-state index contributed by atoms with van der Waals surface area (Å²) in [5.41, 5.74) is 0. The molecule has 0 amide bonds. The Morgan fingerprint density at radius 1 is 1.32 bits per heavy atom. The van der Waals surface area contributed by atoms with E-state index in [4.69, 9.17) is 9.84 Å². The van der Waals surface area contributed by atoms with Crippen LogP contribution >= 0.6 is 0 Å². The fourth-order valence-corrected chi connectivity index (χ4v) is 2.16. The Bertz CT molecular complexity index is 345. The zero-order valence-electron chi connectivity index (χ0n) is 11.6. The van der Waals surface area contributed by atoms with Gasteiger partial charge in [-0.15, -0.1) is 0 Å². The molecule has 0 saturated carbocycles. The van der Waals surface area contributed by atoms with E-state index in [2.05, 4.69) is 11.6 Å². The van der Waals surface area contributed by atoms with Gasteiger partial charge in [-0.2, -0.15) is 12.7 Å². The lowest BCUT2D eigenvalue weighted by atomic mass is 10.4. The smallest absolute Gasteiger partial charge is 0.304 e. The van der Waals surface area contributed by atoms with Gasteiger partial charge in [-0.3, -0.25) is 4.79 Å². The van der Waals surface area contributed by atoms with Gasteiger partial charge in [0, 0.05) is 33.4 Å². The fourth-order valence-electron chi connectivity index (χ4n) is 1.21. The van der Waals surface area contributed by atoms with E-state index in [0.717, 1.165) is 17.1 Å². The van der Waals surface area contributed by atoms with Gasteiger partial charge in [0.25, 0.3) is 10.2 Å². The molecular weight excluding hydrogens is 272 g/mol. The first kappa shape index (κ1) is 18.3. The third-order valence-corrected chi connectivity index (χ3v) is 4.02. The van der Waals surface area contributed by atoms with Gasteiger partial charge in [-0.1, -0.05) is 13.3 Å². The molecule has 0 heterocycles. The molecule has 0 unspecified atom stereocenters. The van der Waals surface area contributed by atoms with E-state index in [1.807, 2.05) is 0 Å². The number of carboxylic acids is 1. The highest BCUT2D eigenvalue weighted by atomic mass is 32.2. The highest BCUT2D eigenvalue weighted by Crippen LogP contribution is 1.96. The lowest BCUT2D eigenvalue weighted by Gasteiger charge is -2.16. The molecule has 19 heavy (non-hydrogen) atoms. The number of nitrogens with one attached hydrogen (secondary N) is 1. The molecule has 0 fully saturated rings. The summed E-state index contributed by atoms with van der Waals surface area (Å²) in [5, 5.41) is 8.49. The van der Waals surface area contributed by atoms with Crippen LogP contribution in [-0.2, 0) is 19.7 Å². The SMILES string of the molecule is CCCCOCCCNS(=O)(=O)N(C)CCC(=O)O. The number of rotatable bonds is 12. The van der Waals surface area contributed by atoms with Crippen LogP contribution in [-0.4, -0.2) is 57.1 Å². The summed E-state index contributed by atoms with van der Waals surface area (Å²) in [4.78, 5) is 10.4. The van der Waals surface area contributed by atoms with E-state index in [9.17, 15) is 13.2 Å². The Morgan fingerprint density at radius 3 is 2.53 bits per heavy atom. The minimum absolute atomic E-state index is 0.0440. The highest BCUT2D eigenvalue weighted by Gasteiger charge is 2.17. The van der Waals surface area contributed by atoms with Crippen LogP contribution in [0.2, 0.25) is 0 Å². The molecule has 114 valence electrons. The zero-order valence-corrected chi connectivity index (χ0v) is 12.4. The van der Waals surface area contributed by atoms with Crippen molar-refractivity contribution >= 4 is 16.2 Å². The van der Waals surface area contributed by atoms with Gasteiger partial charge in [-0.05, 0) is 12.8 Å². The Labute approximate surface area is 115 Å². The highest BCUT2D eigenvalue weighted by molar-refractivity contribution is 7.87. The van der Waals surface area contributed by atoms with E-state index >= 15 is 0 Å². The van der Waals surface area contributed by atoms with Crippen molar-refractivity contribution in [2.24, 2.45) is 0 Å². The van der Waals surface area contributed by atoms with Crippen LogP contribution in [0, 0.1) is 0 Å². The molecule has 0 bridgehead atoms. The van der Waals surface area contributed by atoms with E-state index < -0.39 is 16.2 Å². The largest absolute Gasteiger partial charge is 0.481 e. The zero-order chi connectivity index (χ0) is 14.7. The van der Waals surface area contributed by atoms with Crippen molar-refractivity contribution in [3.63, 3.8) is 0 Å². The molecule has 0 atom stereocenters. The molecule has 7 nitrogen and oxygen atoms in total. The maximum atomic E-state index is 11.7. The second kappa shape index (κ2) is 10.1. The van der Waals surface area contributed by atoms with Crippen molar-refractivity contribution in [1.82, 2.24) is 9.03 Å². The van der Waals surface area contributed by atoms with Gasteiger partial charge in [0.15, 0.2) is 0 Å². The molecule has 0 aliphatic carbocycles. The third-order valence-electron chi connectivity index (χ3n) is 2.44. The maximum Gasteiger partial charge on any atom is 0.304 e. The van der Waals surface area contributed by atoms with E-state index in [1.165, 1.54) is 7.05 Å². The number of ether oxygens (including phenoxy) is 1. The number of hydrogen-bond donors (Lipinski definition) is 2. The van der Waals surface area contributed by atoms with Crippen LogP contribution in [0.3, 0.4) is 0 Å². The first-order valence-electron chi connectivity index (χ1n) is 6.40. The number of nitrogens with zero attached hydrogens (tertiary/aromatic N) is 1. The van der Waals surface area contributed by atoms with Gasteiger partial charge in [0.05, 0.1) is 6.42 Å². The summed E-state index contributed by atoms with van der Waals surface area (Å²) >= 11 is 0. The van der Waals surface area contributed by atoms with Crippen molar-refractivity contribution in [2.45, 2.75) is 32.6 Å². The van der Waals surface area contributed by atoms with E-state index in [0.29, 0.717) is 19.6 Å². The summed E-state index contributed by atoms with van der Waals surface area (Å²) in [6.45, 7) is 3.52. The van der Waals surface area contributed by atoms with Crippen LogP contribution in [0.15, 0.2) is 0 Å². The molecule has 0 rings (SSSR count). The summed E-state index contributed by atoms with van der Waals surface area (Å²) in [5.74, 6) is -1.02. The molecule has 0 radical (unpaired) electrons. The minimum atomic E-state index is -3.59. The average molecular weight is 296 g/mol. The number of carboxylic acid groups (broad SMARTS) is 1. The first-order chi connectivity index (χ1) is 8.90. The van der Waals surface area contributed by atoms with E-state index in [1.54, 1.807) is 0 Å². The molecule has 0 aliphatic rings. The van der Waals surface area contributed by atoms with Crippen LogP contribution < -0.4 is 4.72 Å². The third kappa shape index (κ3) is 9.83. The Balaban J connectivity index is 3.75. The van der Waals surface area contributed by atoms with Gasteiger partial charge >= 0.3 is 5.97 Å². The summed E-state index contributed by atoms with van der Waals surface area (Å²) in [6.07, 6.45) is 2.46. The average Bonchev–Trinajstić information content (AvgIpc) is 2.34. The first-order valence-corrected chi connectivity index (χ1v) is 7.84. The molecule has 0 aromatic rings. The van der Waals surface area contributed by atoms with Gasteiger partial charge < -0.3 is 9.84 Å². The van der Waals surface area contributed by atoms with Crippen LogP contribution in [0.25, 0.3) is 0 Å². The van der Waals surface area contributed by atoms with Crippen LogP contribution in [0.4, 0.5) is 0 Å².